The van der Waals surface area contributed by atoms with E-state index in [2.05, 4.69) is 5.43 Å². The van der Waals surface area contributed by atoms with Crippen molar-refractivity contribution in [2.45, 2.75) is 20.0 Å². The Morgan fingerprint density at radius 3 is 2.50 bits per heavy atom. The molecule has 7 nitrogen and oxygen atoms in total. The Labute approximate surface area is 136 Å². The molecule has 0 aliphatic carbocycles. The van der Waals surface area contributed by atoms with Crippen LogP contribution in [0.25, 0.3) is 0 Å². The Hall–Kier alpha value is -1.99. The number of carbonyl (C=O) groups excluding carboxylic acids is 3. The van der Waals surface area contributed by atoms with Crippen LogP contribution in [0, 0.1) is 0 Å². The molecule has 0 unspecified atom stereocenters. The van der Waals surface area contributed by atoms with Gasteiger partial charge in [0.05, 0.1) is 5.02 Å². The Balaban J connectivity index is 2.45. The van der Waals surface area contributed by atoms with Crippen molar-refractivity contribution in [1.29, 1.82) is 0 Å². The summed E-state index contributed by atoms with van der Waals surface area (Å²) in [6.07, 6.45) is -0.979. The third-order valence-electron chi connectivity index (χ3n) is 2.25. The molecule has 1 rings (SSSR count). The number of hydrogen-bond acceptors (Lipinski definition) is 5. The van der Waals surface area contributed by atoms with E-state index < -0.39 is 30.5 Å². The summed E-state index contributed by atoms with van der Waals surface area (Å²) in [5.74, 6) is -1.63. The highest BCUT2D eigenvalue weighted by atomic mass is 35.5. The van der Waals surface area contributed by atoms with Gasteiger partial charge in [-0.3, -0.25) is 20.4 Å². The van der Waals surface area contributed by atoms with Crippen LogP contribution in [-0.4, -0.2) is 30.5 Å². The van der Waals surface area contributed by atoms with E-state index in [0.29, 0.717) is 5.02 Å². The first-order valence-electron chi connectivity index (χ1n) is 6.13. The highest BCUT2D eigenvalue weighted by Crippen LogP contribution is 2.28. The summed E-state index contributed by atoms with van der Waals surface area (Å²) in [6.45, 7) is 2.11. The fourth-order valence-corrected chi connectivity index (χ4v) is 1.71. The van der Waals surface area contributed by atoms with E-state index in [1.54, 1.807) is 6.07 Å². The van der Waals surface area contributed by atoms with Crippen molar-refractivity contribution >= 4 is 41.0 Å². The van der Waals surface area contributed by atoms with Gasteiger partial charge in [-0.1, -0.05) is 23.2 Å². The molecule has 22 heavy (non-hydrogen) atoms. The first-order chi connectivity index (χ1) is 10.3. The molecule has 9 heteroatoms. The first-order valence-corrected chi connectivity index (χ1v) is 6.89. The number of benzene rings is 1. The topological polar surface area (TPSA) is 93.7 Å². The minimum atomic E-state index is -0.979. The van der Waals surface area contributed by atoms with E-state index in [-0.39, 0.29) is 10.8 Å². The maximum atomic E-state index is 11.7. The third kappa shape index (κ3) is 6.19. The number of halogens is 2. The number of nitrogens with one attached hydrogen (secondary N) is 2. The maximum Gasteiger partial charge on any atom is 0.347 e. The molecule has 0 aliphatic rings. The highest BCUT2D eigenvalue weighted by molar-refractivity contribution is 6.35. The van der Waals surface area contributed by atoms with Crippen LogP contribution < -0.4 is 15.6 Å². The van der Waals surface area contributed by atoms with Crippen LogP contribution >= 0.6 is 23.2 Å². The minimum absolute atomic E-state index is 0.246. The molecule has 1 atom stereocenters. The van der Waals surface area contributed by atoms with Crippen LogP contribution in [0.3, 0.4) is 0 Å². The number of rotatable bonds is 5. The normalized spacial score (nSPS) is 11.3. The highest BCUT2D eigenvalue weighted by Gasteiger charge is 2.19. The summed E-state index contributed by atoms with van der Waals surface area (Å²) in [6, 6.07) is 4.54. The van der Waals surface area contributed by atoms with Crippen LogP contribution in [0.5, 0.6) is 5.75 Å². The van der Waals surface area contributed by atoms with Crippen molar-refractivity contribution < 1.29 is 23.9 Å². The van der Waals surface area contributed by atoms with E-state index >= 15 is 0 Å². The summed E-state index contributed by atoms with van der Waals surface area (Å²) in [7, 11) is 0. The molecule has 120 valence electrons. The monoisotopic (exact) mass is 348 g/mol. The minimum Gasteiger partial charge on any atom is -0.477 e. The van der Waals surface area contributed by atoms with Gasteiger partial charge < -0.3 is 9.47 Å². The van der Waals surface area contributed by atoms with Gasteiger partial charge in [0.25, 0.3) is 5.91 Å². The summed E-state index contributed by atoms with van der Waals surface area (Å²) in [5, 5.41) is 0.678. The second-order valence-electron chi connectivity index (χ2n) is 4.17. The molecule has 0 spiro atoms. The molecule has 1 aromatic carbocycles. The molecule has 2 N–H and O–H groups in total. The lowest BCUT2D eigenvalue weighted by atomic mass is 10.3. The summed E-state index contributed by atoms with van der Waals surface area (Å²) >= 11 is 11.7. The van der Waals surface area contributed by atoms with Gasteiger partial charge in [-0.2, -0.15) is 0 Å². The van der Waals surface area contributed by atoms with Gasteiger partial charge in [0, 0.05) is 11.9 Å². The first kappa shape index (κ1) is 18.1. The van der Waals surface area contributed by atoms with E-state index in [4.69, 9.17) is 32.7 Å². The molecule has 0 heterocycles. The number of amides is 2. The van der Waals surface area contributed by atoms with Gasteiger partial charge >= 0.3 is 5.97 Å². The molecular weight excluding hydrogens is 335 g/mol. The predicted octanol–water partition coefficient (Wildman–Crippen LogP) is 1.47. The average Bonchev–Trinajstić information content (AvgIpc) is 2.45. The lowest BCUT2D eigenvalue weighted by Gasteiger charge is -2.15. The maximum absolute atomic E-state index is 11.7. The van der Waals surface area contributed by atoms with Crippen LogP contribution in [0.15, 0.2) is 18.2 Å². The summed E-state index contributed by atoms with van der Waals surface area (Å²) in [5.41, 5.74) is 4.11. The van der Waals surface area contributed by atoms with Crippen molar-refractivity contribution in [3.63, 3.8) is 0 Å². The van der Waals surface area contributed by atoms with Crippen LogP contribution in [0.4, 0.5) is 0 Å². The van der Waals surface area contributed by atoms with Gasteiger partial charge in [0.2, 0.25) is 5.91 Å². The lowest BCUT2D eigenvalue weighted by Crippen LogP contribution is -2.43. The molecule has 0 radical (unpaired) electrons. The molecule has 0 saturated carbocycles. The molecule has 0 saturated heterocycles. The van der Waals surface area contributed by atoms with Gasteiger partial charge in [0.1, 0.15) is 5.75 Å². The average molecular weight is 349 g/mol. The number of esters is 1. The van der Waals surface area contributed by atoms with Crippen LogP contribution in [0.1, 0.15) is 13.8 Å². The van der Waals surface area contributed by atoms with E-state index in [1.807, 2.05) is 5.43 Å². The second kappa shape index (κ2) is 8.45. The number of hydrogen-bond donors (Lipinski definition) is 2. The Kier molecular flexibility index (Phi) is 6.94. The second-order valence-corrected chi connectivity index (χ2v) is 5.02. The zero-order valence-corrected chi connectivity index (χ0v) is 13.3. The largest absolute Gasteiger partial charge is 0.477 e. The van der Waals surface area contributed by atoms with Gasteiger partial charge in [-0.25, -0.2) is 4.79 Å². The van der Waals surface area contributed by atoms with Crippen molar-refractivity contribution in [3.05, 3.63) is 28.2 Å². The SMILES string of the molecule is CC(=O)NNC(=O)COC(=O)[C@H](C)Oc1ccc(Cl)cc1Cl. The fourth-order valence-electron chi connectivity index (χ4n) is 1.26. The molecule has 0 aliphatic heterocycles. The Morgan fingerprint density at radius 2 is 1.91 bits per heavy atom. The summed E-state index contributed by atoms with van der Waals surface area (Å²) in [4.78, 5) is 33.5. The van der Waals surface area contributed by atoms with E-state index in [0.717, 1.165) is 0 Å². The van der Waals surface area contributed by atoms with Gasteiger partial charge in [-0.05, 0) is 25.1 Å². The smallest absolute Gasteiger partial charge is 0.347 e. The Bertz CT molecular complexity index is 580. The van der Waals surface area contributed by atoms with E-state index in [9.17, 15) is 14.4 Å². The number of carbonyl (C=O) groups is 3. The zero-order valence-electron chi connectivity index (χ0n) is 11.8. The molecule has 0 bridgehead atoms. The van der Waals surface area contributed by atoms with Gasteiger partial charge in [0.15, 0.2) is 12.7 Å². The van der Waals surface area contributed by atoms with Crippen LogP contribution in [0.2, 0.25) is 10.0 Å². The van der Waals surface area contributed by atoms with Crippen molar-refractivity contribution in [2.75, 3.05) is 6.61 Å². The lowest BCUT2D eigenvalue weighted by molar-refractivity contribution is -0.155. The van der Waals surface area contributed by atoms with Crippen molar-refractivity contribution in [2.24, 2.45) is 0 Å². The number of ether oxygens (including phenoxy) is 2. The number of hydrazine groups is 1. The molecule has 0 fully saturated rings. The molecule has 2 amide bonds. The van der Waals surface area contributed by atoms with Crippen molar-refractivity contribution in [3.8, 4) is 5.75 Å². The molecule has 0 aromatic heterocycles. The third-order valence-corrected chi connectivity index (χ3v) is 2.78. The van der Waals surface area contributed by atoms with Crippen LogP contribution in [-0.2, 0) is 19.1 Å². The molecular formula is C13H14Cl2N2O5. The van der Waals surface area contributed by atoms with Gasteiger partial charge in [-0.15, -0.1) is 0 Å². The van der Waals surface area contributed by atoms with Crippen molar-refractivity contribution in [1.82, 2.24) is 10.9 Å². The zero-order chi connectivity index (χ0) is 16.7. The predicted molar refractivity (Wildman–Crippen MR) is 79.5 cm³/mol. The molecule has 1 aromatic rings. The quantitative estimate of drug-likeness (QED) is 0.620. The fraction of sp³-hybridized carbons (Fsp3) is 0.308. The Morgan fingerprint density at radius 1 is 1.23 bits per heavy atom. The summed E-state index contributed by atoms with van der Waals surface area (Å²) < 4.78 is 10.1. The van der Waals surface area contributed by atoms with E-state index in [1.165, 1.54) is 26.0 Å². The standard InChI is InChI=1S/C13H14Cl2N2O5/c1-7(22-11-4-3-9(14)5-10(11)15)13(20)21-6-12(19)17-16-8(2)18/h3-5,7H,6H2,1-2H3,(H,16,18)(H,17,19)/t7-/m0/s1.